The SMILES string of the molecule is CCc1ccc(OC)c(S(=O)(=O)Nc2ccc(C(=O)OC)cc2)c1. The third kappa shape index (κ3) is 3.86. The van der Waals surface area contributed by atoms with Gasteiger partial charge in [-0.2, -0.15) is 0 Å². The molecule has 0 aromatic heterocycles. The van der Waals surface area contributed by atoms with Crippen LogP contribution < -0.4 is 9.46 Å². The highest BCUT2D eigenvalue weighted by Crippen LogP contribution is 2.27. The van der Waals surface area contributed by atoms with E-state index in [1.807, 2.05) is 13.0 Å². The normalized spacial score (nSPS) is 11.0. The van der Waals surface area contributed by atoms with Crippen molar-refractivity contribution in [1.29, 1.82) is 0 Å². The van der Waals surface area contributed by atoms with E-state index in [2.05, 4.69) is 9.46 Å². The van der Waals surface area contributed by atoms with Crippen LogP contribution in [0.4, 0.5) is 5.69 Å². The van der Waals surface area contributed by atoms with E-state index in [1.165, 1.54) is 38.5 Å². The molecule has 24 heavy (non-hydrogen) atoms. The standard InChI is InChI=1S/C17H19NO5S/c1-4-12-5-10-15(22-2)16(11-12)24(20,21)18-14-8-6-13(7-9-14)17(19)23-3/h5-11,18H,4H2,1-3H3. The monoisotopic (exact) mass is 349 g/mol. The van der Waals surface area contributed by atoms with Crippen molar-refractivity contribution in [3.8, 4) is 5.75 Å². The van der Waals surface area contributed by atoms with Gasteiger partial charge in [0.05, 0.1) is 19.8 Å². The number of methoxy groups -OCH3 is 2. The molecule has 0 radical (unpaired) electrons. The predicted octanol–water partition coefficient (Wildman–Crippen LogP) is 2.85. The van der Waals surface area contributed by atoms with Crippen molar-refractivity contribution in [2.45, 2.75) is 18.2 Å². The number of hydrogen-bond donors (Lipinski definition) is 1. The highest BCUT2D eigenvalue weighted by molar-refractivity contribution is 7.92. The number of carbonyl (C=O) groups excluding carboxylic acids is 1. The molecule has 7 heteroatoms. The van der Waals surface area contributed by atoms with Crippen molar-refractivity contribution in [2.24, 2.45) is 0 Å². The predicted molar refractivity (Wildman–Crippen MR) is 91.0 cm³/mol. The molecule has 1 N–H and O–H groups in total. The summed E-state index contributed by atoms with van der Waals surface area (Å²) in [6, 6.07) is 11.0. The first-order valence-corrected chi connectivity index (χ1v) is 8.77. The Hall–Kier alpha value is -2.54. The van der Waals surface area contributed by atoms with Crippen LogP contribution in [0, 0.1) is 0 Å². The van der Waals surface area contributed by atoms with Crippen molar-refractivity contribution in [3.05, 3.63) is 53.6 Å². The number of anilines is 1. The summed E-state index contributed by atoms with van der Waals surface area (Å²) < 4.78 is 37.5. The molecule has 0 aliphatic heterocycles. The Morgan fingerprint density at radius 1 is 1.08 bits per heavy atom. The average molecular weight is 349 g/mol. The fraction of sp³-hybridized carbons (Fsp3) is 0.235. The first-order chi connectivity index (χ1) is 11.4. The van der Waals surface area contributed by atoms with Crippen LogP contribution in [0.2, 0.25) is 0 Å². The van der Waals surface area contributed by atoms with Crippen LogP contribution in [0.3, 0.4) is 0 Å². The van der Waals surface area contributed by atoms with Gasteiger partial charge in [0.15, 0.2) is 0 Å². The Bertz CT molecular complexity index is 829. The highest BCUT2D eigenvalue weighted by atomic mass is 32.2. The summed E-state index contributed by atoms with van der Waals surface area (Å²) in [6.07, 6.45) is 0.709. The fourth-order valence-electron chi connectivity index (χ4n) is 2.15. The number of nitrogens with one attached hydrogen (secondary N) is 1. The number of benzene rings is 2. The number of hydrogen-bond acceptors (Lipinski definition) is 5. The van der Waals surface area contributed by atoms with Gasteiger partial charge in [0.1, 0.15) is 10.6 Å². The van der Waals surface area contributed by atoms with Gasteiger partial charge in [0, 0.05) is 5.69 Å². The van der Waals surface area contributed by atoms with E-state index in [0.717, 1.165) is 5.56 Å². The quantitative estimate of drug-likeness (QED) is 0.811. The average Bonchev–Trinajstić information content (AvgIpc) is 2.60. The van der Waals surface area contributed by atoms with E-state index in [0.29, 0.717) is 17.7 Å². The molecular formula is C17H19NO5S. The molecule has 0 atom stereocenters. The maximum Gasteiger partial charge on any atom is 0.337 e. The van der Waals surface area contributed by atoms with Crippen LogP contribution in [0.15, 0.2) is 47.4 Å². The van der Waals surface area contributed by atoms with Gasteiger partial charge < -0.3 is 9.47 Å². The van der Waals surface area contributed by atoms with Crippen LogP contribution in [0.5, 0.6) is 5.75 Å². The summed E-state index contributed by atoms with van der Waals surface area (Å²) in [6.45, 7) is 1.94. The zero-order valence-electron chi connectivity index (χ0n) is 13.7. The molecule has 0 bridgehead atoms. The van der Waals surface area contributed by atoms with Crippen molar-refractivity contribution in [3.63, 3.8) is 0 Å². The Balaban J connectivity index is 2.33. The lowest BCUT2D eigenvalue weighted by molar-refractivity contribution is 0.0601. The number of ether oxygens (including phenoxy) is 2. The highest BCUT2D eigenvalue weighted by Gasteiger charge is 2.20. The second-order valence-electron chi connectivity index (χ2n) is 5.01. The topological polar surface area (TPSA) is 81.7 Å². The molecule has 0 aliphatic carbocycles. The van der Waals surface area contributed by atoms with Crippen molar-refractivity contribution >= 4 is 21.7 Å². The van der Waals surface area contributed by atoms with E-state index in [9.17, 15) is 13.2 Å². The molecule has 0 heterocycles. The van der Waals surface area contributed by atoms with Crippen LogP contribution in [0.25, 0.3) is 0 Å². The molecule has 128 valence electrons. The number of aryl methyl sites for hydroxylation is 1. The van der Waals surface area contributed by atoms with Crippen LogP contribution in [0.1, 0.15) is 22.8 Å². The van der Waals surface area contributed by atoms with Gasteiger partial charge in [-0.25, -0.2) is 13.2 Å². The maximum absolute atomic E-state index is 12.6. The molecule has 0 spiro atoms. The van der Waals surface area contributed by atoms with E-state index in [4.69, 9.17) is 4.74 Å². The zero-order chi connectivity index (χ0) is 17.7. The largest absolute Gasteiger partial charge is 0.495 e. The first kappa shape index (κ1) is 17.8. The van der Waals surface area contributed by atoms with Crippen molar-refractivity contribution < 1.29 is 22.7 Å². The molecule has 0 unspecified atom stereocenters. The molecule has 2 rings (SSSR count). The van der Waals surface area contributed by atoms with Crippen LogP contribution >= 0.6 is 0 Å². The molecule has 6 nitrogen and oxygen atoms in total. The van der Waals surface area contributed by atoms with Gasteiger partial charge in [0.2, 0.25) is 0 Å². The second kappa shape index (κ2) is 7.35. The minimum atomic E-state index is -3.82. The van der Waals surface area contributed by atoms with Gasteiger partial charge >= 0.3 is 5.97 Å². The number of carbonyl (C=O) groups is 1. The summed E-state index contributed by atoms with van der Waals surface area (Å²) in [5.41, 5.74) is 1.56. The lowest BCUT2D eigenvalue weighted by atomic mass is 10.2. The minimum absolute atomic E-state index is 0.0707. The van der Waals surface area contributed by atoms with Gasteiger partial charge in [-0.15, -0.1) is 0 Å². The summed E-state index contributed by atoms with van der Waals surface area (Å²) in [4.78, 5) is 11.5. The fourth-order valence-corrected chi connectivity index (χ4v) is 3.43. The van der Waals surface area contributed by atoms with Crippen LogP contribution in [-0.4, -0.2) is 28.6 Å². The summed E-state index contributed by atoms with van der Waals surface area (Å²) >= 11 is 0. The third-order valence-electron chi connectivity index (χ3n) is 3.48. The molecular weight excluding hydrogens is 330 g/mol. The molecule has 2 aromatic rings. The summed E-state index contributed by atoms with van der Waals surface area (Å²) in [5, 5.41) is 0. The maximum atomic E-state index is 12.6. The van der Waals surface area contributed by atoms with Crippen LogP contribution in [-0.2, 0) is 21.2 Å². The Kier molecular flexibility index (Phi) is 5.46. The van der Waals surface area contributed by atoms with E-state index >= 15 is 0 Å². The number of rotatable bonds is 6. The Morgan fingerprint density at radius 2 is 1.75 bits per heavy atom. The van der Waals surface area contributed by atoms with Gasteiger partial charge in [-0.05, 0) is 48.4 Å². The zero-order valence-corrected chi connectivity index (χ0v) is 14.5. The van der Waals surface area contributed by atoms with Crippen molar-refractivity contribution in [1.82, 2.24) is 0 Å². The summed E-state index contributed by atoms with van der Waals surface area (Å²) in [7, 11) is -1.11. The molecule has 0 amide bonds. The first-order valence-electron chi connectivity index (χ1n) is 7.29. The van der Waals surface area contributed by atoms with Gasteiger partial charge in [-0.3, -0.25) is 4.72 Å². The van der Waals surface area contributed by atoms with Gasteiger partial charge in [0.25, 0.3) is 10.0 Å². The number of sulfonamides is 1. The second-order valence-corrected chi connectivity index (χ2v) is 6.66. The molecule has 0 saturated heterocycles. The van der Waals surface area contributed by atoms with Crippen molar-refractivity contribution in [2.75, 3.05) is 18.9 Å². The molecule has 2 aromatic carbocycles. The lowest BCUT2D eigenvalue weighted by Crippen LogP contribution is -2.14. The summed E-state index contributed by atoms with van der Waals surface area (Å²) in [5.74, 6) is -0.215. The minimum Gasteiger partial charge on any atom is -0.495 e. The lowest BCUT2D eigenvalue weighted by Gasteiger charge is -2.13. The van der Waals surface area contributed by atoms with E-state index in [1.54, 1.807) is 12.1 Å². The smallest absolute Gasteiger partial charge is 0.337 e. The van der Waals surface area contributed by atoms with E-state index < -0.39 is 16.0 Å². The van der Waals surface area contributed by atoms with Gasteiger partial charge in [-0.1, -0.05) is 13.0 Å². The Morgan fingerprint density at radius 3 is 2.29 bits per heavy atom. The third-order valence-corrected chi connectivity index (χ3v) is 4.89. The van der Waals surface area contributed by atoms with E-state index in [-0.39, 0.29) is 10.6 Å². The molecule has 0 saturated carbocycles. The Labute approximate surface area is 141 Å². The molecule has 0 fully saturated rings. The number of esters is 1. The molecule has 0 aliphatic rings.